The van der Waals surface area contributed by atoms with Gasteiger partial charge in [0.1, 0.15) is 6.29 Å². The Labute approximate surface area is 251 Å². The molecule has 242 valence electrons. The summed E-state index contributed by atoms with van der Waals surface area (Å²) in [4.78, 5) is 21.5. The molecule has 0 radical (unpaired) electrons. The van der Waals surface area contributed by atoms with E-state index in [9.17, 15) is 9.59 Å². The second-order valence-corrected chi connectivity index (χ2v) is 12.6. The molecule has 0 unspecified atom stereocenters. The van der Waals surface area contributed by atoms with Crippen molar-refractivity contribution in [2.45, 2.75) is 164 Å². The predicted molar refractivity (Wildman–Crippen MR) is 178 cm³/mol. The molecule has 0 aliphatic rings. The zero-order valence-corrected chi connectivity index (χ0v) is 28.6. The standard InChI is InChI=1S/C17H36N2O.C10H21NO.C7H17N/c1-15(2)11-10-14-19-17(20)12-8-6-5-7-9-13-18-16(3)4;1-10(2)11-8-6-4-3-5-7-9-12;1-7(2)5-4-6-8-3/h15-16,18H,5-14H2,1-4H3,(H,19,20);9-11H,3-8H2,1-2H3;7-8H,4-6H2,1-3H3. The number of rotatable bonds is 25. The van der Waals surface area contributed by atoms with Crippen molar-refractivity contribution in [1.29, 1.82) is 0 Å². The first kappa shape index (κ1) is 43.5. The number of hydrogen-bond donors (Lipinski definition) is 4. The Hall–Kier alpha value is -0.980. The maximum absolute atomic E-state index is 11.6. The quantitative estimate of drug-likeness (QED) is 0.0669. The lowest BCUT2D eigenvalue weighted by Gasteiger charge is -2.08. The van der Waals surface area contributed by atoms with E-state index in [0.29, 0.717) is 18.5 Å². The summed E-state index contributed by atoms with van der Waals surface area (Å²) in [6.07, 6.45) is 18.1. The molecule has 6 heteroatoms. The third kappa shape index (κ3) is 49.9. The highest BCUT2D eigenvalue weighted by atomic mass is 16.1. The van der Waals surface area contributed by atoms with Crippen molar-refractivity contribution in [2.75, 3.05) is 33.2 Å². The minimum atomic E-state index is 0.232. The number of carbonyl (C=O) groups is 2. The minimum Gasteiger partial charge on any atom is -0.356 e. The van der Waals surface area contributed by atoms with Gasteiger partial charge in [-0.2, -0.15) is 0 Å². The summed E-state index contributed by atoms with van der Waals surface area (Å²) in [7, 11) is 2.00. The molecule has 0 saturated heterocycles. The van der Waals surface area contributed by atoms with Crippen molar-refractivity contribution in [1.82, 2.24) is 21.3 Å². The van der Waals surface area contributed by atoms with Crippen molar-refractivity contribution < 1.29 is 9.59 Å². The largest absolute Gasteiger partial charge is 0.356 e. The molecule has 0 saturated carbocycles. The van der Waals surface area contributed by atoms with Gasteiger partial charge >= 0.3 is 0 Å². The molecule has 0 bridgehead atoms. The fourth-order valence-corrected chi connectivity index (χ4v) is 3.94. The van der Waals surface area contributed by atoms with Crippen LogP contribution in [-0.4, -0.2) is 57.5 Å². The van der Waals surface area contributed by atoms with Gasteiger partial charge < -0.3 is 26.1 Å². The Morgan fingerprint density at radius 2 is 1.02 bits per heavy atom. The lowest BCUT2D eigenvalue weighted by Crippen LogP contribution is -2.24. The van der Waals surface area contributed by atoms with E-state index in [-0.39, 0.29) is 5.91 Å². The van der Waals surface area contributed by atoms with Gasteiger partial charge in [-0.25, -0.2) is 0 Å². The smallest absolute Gasteiger partial charge is 0.219 e. The normalized spacial score (nSPS) is 10.9. The van der Waals surface area contributed by atoms with E-state index in [1.807, 2.05) is 7.05 Å². The molecule has 0 heterocycles. The highest BCUT2D eigenvalue weighted by Crippen LogP contribution is 2.06. The van der Waals surface area contributed by atoms with E-state index in [2.05, 4.69) is 76.7 Å². The molecule has 0 aliphatic carbocycles. The fraction of sp³-hybridized carbons (Fsp3) is 0.941. The maximum Gasteiger partial charge on any atom is 0.219 e. The first-order valence-electron chi connectivity index (χ1n) is 16.9. The van der Waals surface area contributed by atoms with Crippen LogP contribution in [0.15, 0.2) is 0 Å². The third-order valence-corrected chi connectivity index (χ3v) is 6.42. The first-order valence-corrected chi connectivity index (χ1v) is 16.9. The number of aldehydes is 1. The lowest BCUT2D eigenvalue weighted by atomic mass is 10.1. The van der Waals surface area contributed by atoms with Crippen LogP contribution in [0.3, 0.4) is 0 Å². The first-order chi connectivity index (χ1) is 19.1. The van der Waals surface area contributed by atoms with Crippen LogP contribution in [0.25, 0.3) is 0 Å². The molecular formula is C34H74N4O2. The van der Waals surface area contributed by atoms with Crippen molar-refractivity contribution in [2.24, 2.45) is 11.8 Å². The fourth-order valence-electron chi connectivity index (χ4n) is 3.94. The zero-order valence-electron chi connectivity index (χ0n) is 28.6. The van der Waals surface area contributed by atoms with Crippen LogP contribution in [0, 0.1) is 11.8 Å². The van der Waals surface area contributed by atoms with E-state index in [1.54, 1.807) is 0 Å². The van der Waals surface area contributed by atoms with E-state index in [1.165, 1.54) is 64.2 Å². The Bertz CT molecular complexity index is 496. The average molecular weight is 571 g/mol. The van der Waals surface area contributed by atoms with Crippen LogP contribution >= 0.6 is 0 Å². The lowest BCUT2D eigenvalue weighted by molar-refractivity contribution is -0.121. The van der Waals surface area contributed by atoms with Crippen LogP contribution in [0.1, 0.15) is 152 Å². The number of nitrogens with one attached hydrogen (secondary N) is 4. The number of amides is 1. The van der Waals surface area contributed by atoms with Crippen LogP contribution < -0.4 is 21.3 Å². The number of hydrogen-bond acceptors (Lipinski definition) is 5. The van der Waals surface area contributed by atoms with Crippen molar-refractivity contribution in [3.63, 3.8) is 0 Å². The average Bonchev–Trinajstić information content (AvgIpc) is 2.88. The van der Waals surface area contributed by atoms with Crippen LogP contribution in [0.4, 0.5) is 0 Å². The molecule has 0 atom stereocenters. The second kappa shape index (κ2) is 36.0. The van der Waals surface area contributed by atoms with E-state index < -0.39 is 0 Å². The molecule has 0 aliphatic heterocycles. The van der Waals surface area contributed by atoms with Crippen LogP contribution in [0.2, 0.25) is 0 Å². The molecule has 6 nitrogen and oxygen atoms in total. The summed E-state index contributed by atoms with van der Waals surface area (Å²) in [5.74, 6) is 1.83. The second-order valence-electron chi connectivity index (χ2n) is 12.6. The Kier molecular flexibility index (Phi) is 39.2. The van der Waals surface area contributed by atoms with Crippen molar-refractivity contribution in [3.8, 4) is 0 Å². The SMILES string of the molecule is CC(C)CCCNC(=O)CCCCCCCNC(C)C.CC(C)NCCCCCCC=O.CNCCCC(C)C. The molecule has 0 aromatic rings. The Morgan fingerprint density at radius 3 is 1.48 bits per heavy atom. The van der Waals surface area contributed by atoms with Gasteiger partial charge in [0.15, 0.2) is 0 Å². The monoisotopic (exact) mass is 571 g/mol. The van der Waals surface area contributed by atoms with Gasteiger partial charge in [0.05, 0.1) is 0 Å². The molecular weight excluding hydrogens is 496 g/mol. The molecule has 0 aromatic carbocycles. The minimum absolute atomic E-state index is 0.232. The van der Waals surface area contributed by atoms with Crippen molar-refractivity contribution >= 4 is 12.2 Å². The number of carbonyl (C=O) groups excluding carboxylic acids is 2. The highest BCUT2D eigenvalue weighted by molar-refractivity contribution is 5.75. The summed E-state index contributed by atoms with van der Waals surface area (Å²) in [6, 6.07) is 1.19. The summed E-state index contributed by atoms with van der Waals surface area (Å²) in [6.45, 7) is 21.9. The Morgan fingerprint density at radius 1 is 0.575 bits per heavy atom. The topological polar surface area (TPSA) is 82.3 Å². The van der Waals surface area contributed by atoms with Gasteiger partial charge in [0, 0.05) is 31.5 Å². The molecule has 1 amide bonds. The van der Waals surface area contributed by atoms with Gasteiger partial charge in [-0.3, -0.25) is 4.79 Å². The summed E-state index contributed by atoms with van der Waals surface area (Å²) in [5, 5.41) is 12.9. The van der Waals surface area contributed by atoms with Crippen LogP contribution in [0.5, 0.6) is 0 Å². The van der Waals surface area contributed by atoms with Gasteiger partial charge in [0.2, 0.25) is 5.91 Å². The molecule has 0 rings (SSSR count). The molecule has 4 N–H and O–H groups in total. The van der Waals surface area contributed by atoms with Gasteiger partial charge in [-0.15, -0.1) is 0 Å². The summed E-state index contributed by atoms with van der Waals surface area (Å²) < 4.78 is 0. The number of unbranched alkanes of at least 4 members (excludes halogenated alkanes) is 8. The molecule has 40 heavy (non-hydrogen) atoms. The summed E-state index contributed by atoms with van der Waals surface area (Å²) >= 11 is 0. The van der Waals surface area contributed by atoms with E-state index in [4.69, 9.17) is 0 Å². The van der Waals surface area contributed by atoms with Crippen LogP contribution in [-0.2, 0) is 9.59 Å². The van der Waals surface area contributed by atoms with Gasteiger partial charge in [-0.1, -0.05) is 87.5 Å². The van der Waals surface area contributed by atoms with Gasteiger partial charge in [0.25, 0.3) is 0 Å². The maximum atomic E-state index is 11.6. The zero-order chi connectivity index (χ0) is 30.9. The van der Waals surface area contributed by atoms with E-state index in [0.717, 1.165) is 70.0 Å². The van der Waals surface area contributed by atoms with Gasteiger partial charge in [-0.05, 0) is 89.9 Å². The molecule has 0 fully saturated rings. The third-order valence-electron chi connectivity index (χ3n) is 6.42. The predicted octanol–water partition coefficient (Wildman–Crippen LogP) is 7.65. The summed E-state index contributed by atoms with van der Waals surface area (Å²) in [5.41, 5.74) is 0. The van der Waals surface area contributed by atoms with Crippen molar-refractivity contribution in [3.05, 3.63) is 0 Å². The molecule has 0 spiro atoms. The highest BCUT2D eigenvalue weighted by Gasteiger charge is 2.01. The molecule has 0 aromatic heterocycles. The Balaban J connectivity index is -0.000000578. The van der Waals surface area contributed by atoms with E-state index >= 15 is 0 Å².